The summed E-state index contributed by atoms with van der Waals surface area (Å²) in [6.45, 7) is 3.20. The first-order valence-electron chi connectivity index (χ1n) is 7.73. The molecule has 0 saturated carbocycles. The summed E-state index contributed by atoms with van der Waals surface area (Å²) in [6.07, 6.45) is 1.50. The highest BCUT2D eigenvalue weighted by Crippen LogP contribution is 2.06. The molecule has 1 aromatic heterocycles. The van der Waals surface area contributed by atoms with Crippen LogP contribution in [0.5, 0.6) is 0 Å². The van der Waals surface area contributed by atoms with Crippen molar-refractivity contribution in [2.24, 2.45) is 0 Å². The third-order valence-corrected chi connectivity index (χ3v) is 3.96. The third-order valence-electron chi connectivity index (χ3n) is 3.96. The lowest BCUT2D eigenvalue weighted by Crippen LogP contribution is -3.15. The van der Waals surface area contributed by atoms with E-state index >= 15 is 0 Å². The fraction of sp³-hybridized carbons (Fsp3) is 0.294. The second-order valence-electron chi connectivity index (χ2n) is 5.61. The van der Waals surface area contributed by atoms with Gasteiger partial charge in [0.2, 0.25) is 0 Å². The molecule has 23 heavy (non-hydrogen) atoms. The van der Waals surface area contributed by atoms with Crippen LogP contribution in [0, 0.1) is 0 Å². The lowest BCUT2D eigenvalue weighted by atomic mass is 10.2. The van der Waals surface area contributed by atoms with Crippen LogP contribution in [-0.2, 0) is 4.79 Å². The summed E-state index contributed by atoms with van der Waals surface area (Å²) in [4.78, 5) is 27.2. The minimum absolute atomic E-state index is 0.00277. The van der Waals surface area contributed by atoms with Crippen molar-refractivity contribution >= 4 is 17.5 Å². The number of amides is 2. The van der Waals surface area contributed by atoms with Gasteiger partial charge in [0.15, 0.2) is 12.3 Å². The Bertz CT molecular complexity index is 647. The number of furan rings is 1. The molecule has 2 amide bonds. The quantitative estimate of drug-likeness (QED) is 0.851. The first-order chi connectivity index (χ1) is 11.2. The van der Waals surface area contributed by atoms with Gasteiger partial charge >= 0.3 is 0 Å². The first-order valence-corrected chi connectivity index (χ1v) is 7.73. The molecule has 0 unspecified atom stereocenters. The van der Waals surface area contributed by atoms with Gasteiger partial charge in [0.1, 0.15) is 0 Å². The molecule has 1 aliphatic heterocycles. The normalized spacial score (nSPS) is 15.4. The first kappa shape index (κ1) is 15.3. The Hall–Kier alpha value is -2.60. The number of nitrogens with one attached hydrogen (secondary N) is 2. The number of benzene rings is 1. The van der Waals surface area contributed by atoms with E-state index < -0.39 is 0 Å². The zero-order valence-corrected chi connectivity index (χ0v) is 12.8. The number of para-hydroxylation sites is 1. The molecule has 0 atom stereocenters. The Morgan fingerprint density at radius 2 is 1.83 bits per heavy atom. The molecule has 1 fully saturated rings. The van der Waals surface area contributed by atoms with Crippen LogP contribution in [0.3, 0.4) is 0 Å². The Balaban J connectivity index is 1.46. The average molecular weight is 314 g/mol. The Labute approximate surface area is 134 Å². The van der Waals surface area contributed by atoms with E-state index in [2.05, 4.69) is 5.32 Å². The fourth-order valence-electron chi connectivity index (χ4n) is 2.71. The zero-order chi connectivity index (χ0) is 16.1. The van der Waals surface area contributed by atoms with Gasteiger partial charge in [0.05, 0.1) is 32.4 Å². The summed E-state index contributed by atoms with van der Waals surface area (Å²) in [5, 5.41) is 2.89. The highest BCUT2D eigenvalue weighted by atomic mass is 16.3. The van der Waals surface area contributed by atoms with E-state index in [-0.39, 0.29) is 11.8 Å². The van der Waals surface area contributed by atoms with Crippen LogP contribution in [0.4, 0.5) is 5.69 Å². The Morgan fingerprint density at radius 1 is 1.09 bits per heavy atom. The number of piperazine rings is 1. The van der Waals surface area contributed by atoms with Gasteiger partial charge in [-0.15, -0.1) is 0 Å². The summed E-state index contributed by atoms with van der Waals surface area (Å²) in [6, 6.07) is 12.8. The van der Waals surface area contributed by atoms with E-state index in [1.807, 2.05) is 30.3 Å². The predicted octanol–water partition coefficient (Wildman–Crippen LogP) is 0.259. The molecule has 3 rings (SSSR count). The molecule has 2 N–H and O–H groups in total. The number of nitrogens with zero attached hydrogens (tertiary/aromatic N) is 1. The van der Waals surface area contributed by atoms with Gasteiger partial charge in [0, 0.05) is 5.69 Å². The van der Waals surface area contributed by atoms with E-state index in [0.29, 0.717) is 25.4 Å². The maximum absolute atomic E-state index is 12.2. The monoisotopic (exact) mass is 314 g/mol. The molecule has 1 aliphatic rings. The SMILES string of the molecule is O=C(C[NH+]1CCN(C(=O)c2ccco2)CC1)Nc1ccccc1. The van der Waals surface area contributed by atoms with Crippen molar-refractivity contribution < 1.29 is 18.9 Å². The van der Waals surface area contributed by atoms with Gasteiger partial charge in [-0.05, 0) is 24.3 Å². The number of carbonyl (C=O) groups is 2. The van der Waals surface area contributed by atoms with Crippen LogP contribution < -0.4 is 10.2 Å². The van der Waals surface area contributed by atoms with E-state index in [9.17, 15) is 9.59 Å². The molecule has 1 aromatic carbocycles. The van der Waals surface area contributed by atoms with Crippen molar-refractivity contribution in [1.82, 2.24) is 4.90 Å². The minimum atomic E-state index is -0.0808. The zero-order valence-electron chi connectivity index (χ0n) is 12.8. The number of anilines is 1. The van der Waals surface area contributed by atoms with Gasteiger partial charge in [-0.3, -0.25) is 9.59 Å². The van der Waals surface area contributed by atoms with E-state index in [4.69, 9.17) is 4.42 Å². The maximum atomic E-state index is 12.2. The number of rotatable bonds is 4. The van der Waals surface area contributed by atoms with Crippen LogP contribution in [0.1, 0.15) is 10.6 Å². The van der Waals surface area contributed by atoms with Gasteiger partial charge in [-0.25, -0.2) is 0 Å². The molecule has 2 aromatic rings. The van der Waals surface area contributed by atoms with Crippen LogP contribution in [0.15, 0.2) is 53.1 Å². The maximum Gasteiger partial charge on any atom is 0.289 e. The van der Waals surface area contributed by atoms with E-state index in [1.54, 1.807) is 17.0 Å². The van der Waals surface area contributed by atoms with Crippen molar-refractivity contribution in [3.63, 3.8) is 0 Å². The summed E-state index contributed by atoms with van der Waals surface area (Å²) < 4.78 is 5.14. The molecular formula is C17H20N3O3+. The van der Waals surface area contributed by atoms with Gasteiger partial charge in [-0.1, -0.05) is 18.2 Å². The molecule has 0 spiro atoms. The van der Waals surface area contributed by atoms with Crippen molar-refractivity contribution in [2.75, 3.05) is 38.0 Å². The van der Waals surface area contributed by atoms with E-state index in [0.717, 1.165) is 18.8 Å². The predicted molar refractivity (Wildman–Crippen MR) is 85.2 cm³/mol. The smallest absolute Gasteiger partial charge is 0.289 e. The standard InChI is InChI=1S/C17H19N3O3/c21-16(18-14-5-2-1-3-6-14)13-19-8-10-20(11-9-19)17(22)15-7-4-12-23-15/h1-7,12H,8-11,13H2,(H,18,21)/p+1. The summed E-state index contributed by atoms with van der Waals surface area (Å²) in [5.74, 6) is 0.287. The second kappa shape index (κ2) is 7.11. The molecule has 1 saturated heterocycles. The molecule has 0 radical (unpaired) electrons. The molecule has 120 valence electrons. The number of quaternary nitrogens is 1. The van der Waals surface area contributed by atoms with Crippen LogP contribution in [0.2, 0.25) is 0 Å². The molecule has 6 heteroatoms. The number of carbonyl (C=O) groups excluding carboxylic acids is 2. The second-order valence-corrected chi connectivity index (χ2v) is 5.61. The topological polar surface area (TPSA) is 67.0 Å². The fourth-order valence-corrected chi connectivity index (χ4v) is 2.71. The average Bonchev–Trinajstić information content (AvgIpc) is 3.10. The van der Waals surface area contributed by atoms with Crippen LogP contribution >= 0.6 is 0 Å². The van der Waals surface area contributed by atoms with Crippen LogP contribution in [-0.4, -0.2) is 49.4 Å². The van der Waals surface area contributed by atoms with Crippen molar-refractivity contribution in [1.29, 1.82) is 0 Å². The van der Waals surface area contributed by atoms with Crippen LogP contribution in [0.25, 0.3) is 0 Å². The highest BCUT2D eigenvalue weighted by molar-refractivity contribution is 5.92. The Kier molecular flexibility index (Phi) is 4.73. The summed E-state index contributed by atoms with van der Waals surface area (Å²) >= 11 is 0. The number of hydrogen-bond donors (Lipinski definition) is 2. The lowest BCUT2D eigenvalue weighted by molar-refractivity contribution is -0.895. The molecule has 6 nitrogen and oxygen atoms in total. The molecule has 2 heterocycles. The van der Waals surface area contributed by atoms with Crippen molar-refractivity contribution in [2.45, 2.75) is 0 Å². The minimum Gasteiger partial charge on any atom is -0.459 e. The van der Waals surface area contributed by atoms with Crippen molar-refractivity contribution in [3.8, 4) is 0 Å². The highest BCUT2D eigenvalue weighted by Gasteiger charge is 2.26. The Morgan fingerprint density at radius 3 is 2.48 bits per heavy atom. The number of hydrogen-bond acceptors (Lipinski definition) is 3. The van der Waals surface area contributed by atoms with Crippen molar-refractivity contribution in [3.05, 3.63) is 54.5 Å². The summed E-state index contributed by atoms with van der Waals surface area (Å²) in [5.41, 5.74) is 0.809. The summed E-state index contributed by atoms with van der Waals surface area (Å²) in [7, 11) is 0. The van der Waals surface area contributed by atoms with Gasteiger partial charge in [0.25, 0.3) is 11.8 Å². The van der Waals surface area contributed by atoms with Gasteiger partial charge < -0.3 is 19.5 Å². The lowest BCUT2D eigenvalue weighted by Gasteiger charge is -2.31. The third kappa shape index (κ3) is 3.98. The molecule has 0 bridgehead atoms. The largest absolute Gasteiger partial charge is 0.459 e. The molecule has 0 aliphatic carbocycles. The van der Waals surface area contributed by atoms with Gasteiger partial charge in [-0.2, -0.15) is 0 Å². The van der Waals surface area contributed by atoms with E-state index in [1.165, 1.54) is 11.2 Å². The molecular weight excluding hydrogens is 294 g/mol.